The van der Waals surface area contributed by atoms with Crippen molar-refractivity contribution in [2.24, 2.45) is 35.5 Å². The van der Waals surface area contributed by atoms with Crippen molar-refractivity contribution in [2.75, 3.05) is 0 Å². The fourth-order valence-corrected chi connectivity index (χ4v) is 5.51. The zero-order valence-electron chi connectivity index (χ0n) is 14.7. The monoisotopic (exact) mass is 330 g/mol. The molecule has 134 valence electrons. The van der Waals surface area contributed by atoms with Gasteiger partial charge in [-0.25, -0.2) is 13.2 Å². The van der Waals surface area contributed by atoms with Crippen LogP contribution in [0, 0.1) is 35.5 Å². The van der Waals surface area contributed by atoms with Gasteiger partial charge in [-0.15, -0.1) is 0 Å². The lowest BCUT2D eigenvalue weighted by Crippen LogP contribution is -2.51. The molecule has 0 saturated heterocycles. The number of rotatable bonds is 3. The molecule has 7 atom stereocenters. The van der Waals surface area contributed by atoms with Crippen molar-refractivity contribution in [1.29, 1.82) is 0 Å². The fraction of sp³-hybridized carbons (Fsp3) is 1.00. The summed E-state index contributed by atoms with van der Waals surface area (Å²) in [6, 6.07) is 0. The Kier molecular flexibility index (Phi) is 5.63. The second-order valence-corrected chi connectivity index (χ2v) is 8.92. The first-order valence-corrected chi connectivity index (χ1v) is 9.89. The molecule has 0 N–H and O–H groups in total. The molecule has 0 aromatic carbocycles. The Balaban J connectivity index is 1.55. The highest BCUT2D eigenvalue weighted by Gasteiger charge is 2.51. The van der Waals surface area contributed by atoms with Gasteiger partial charge in [-0.05, 0) is 55.3 Å². The number of alkyl halides is 3. The average molecular weight is 330 g/mol. The topological polar surface area (TPSA) is 0 Å². The van der Waals surface area contributed by atoms with Crippen LogP contribution < -0.4 is 0 Å². The minimum atomic E-state index is -1.58. The van der Waals surface area contributed by atoms with Gasteiger partial charge in [-0.1, -0.05) is 46.0 Å². The molecule has 0 heterocycles. The van der Waals surface area contributed by atoms with E-state index in [1.54, 1.807) is 0 Å². The maximum absolute atomic E-state index is 14.6. The van der Waals surface area contributed by atoms with Gasteiger partial charge in [0.25, 0.3) is 0 Å². The Labute approximate surface area is 139 Å². The standard InChI is InChI=1S/C20H33F3/c1-12-3-6-14(7-4-12)8-10-16-11-15-9-5-13(2)18(21)17(15)20(23)19(16)22/h12-20H,3-11H2,1-2H3. The van der Waals surface area contributed by atoms with Gasteiger partial charge in [0.15, 0.2) is 0 Å². The van der Waals surface area contributed by atoms with Gasteiger partial charge in [-0.3, -0.25) is 0 Å². The van der Waals surface area contributed by atoms with E-state index in [-0.39, 0.29) is 17.8 Å². The van der Waals surface area contributed by atoms with Gasteiger partial charge in [0.1, 0.15) is 18.5 Å². The molecule has 0 spiro atoms. The second-order valence-electron chi connectivity index (χ2n) is 8.92. The zero-order chi connectivity index (χ0) is 16.6. The summed E-state index contributed by atoms with van der Waals surface area (Å²) in [5, 5.41) is 0. The normalized spacial score (nSPS) is 51.3. The average Bonchev–Trinajstić information content (AvgIpc) is 2.54. The van der Waals surface area contributed by atoms with Crippen LogP contribution in [0.3, 0.4) is 0 Å². The van der Waals surface area contributed by atoms with Crippen molar-refractivity contribution in [3.05, 3.63) is 0 Å². The molecule has 7 unspecified atom stereocenters. The predicted octanol–water partition coefficient (Wildman–Crippen LogP) is 6.29. The molecule has 0 radical (unpaired) electrons. The zero-order valence-corrected chi connectivity index (χ0v) is 14.7. The van der Waals surface area contributed by atoms with Crippen LogP contribution >= 0.6 is 0 Å². The van der Waals surface area contributed by atoms with Crippen molar-refractivity contribution in [3.63, 3.8) is 0 Å². The Morgan fingerprint density at radius 1 is 0.739 bits per heavy atom. The van der Waals surface area contributed by atoms with Gasteiger partial charge in [0.05, 0.1) is 0 Å². The first-order valence-electron chi connectivity index (χ1n) is 9.89. The van der Waals surface area contributed by atoms with Gasteiger partial charge in [0, 0.05) is 5.92 Å². The van der Waals surface area contributed by atoms with Crippen molar-refractivity contribution >= 4 is 0 Å². The molecule has 3 rings (SSSR count). The second kappa shape index (κ2) is 7.35. The third-order valence-corrected chi connectivity index (χ3v) is 7.26. The number of hydrogen-bond acceptors (Lipinski definition) is 0. The molecule has 23 heavy (non-hydrogen) atoms. The molecule has 3 saturated carbocycles. The van der Waals surface area contributed by atoms with Gasteiger partial charge >= 0.3 is 0 Å². The third-order valence-electron chi connectivity index (χ3n) is 7.26. The van der Waals surface area contributed by atoms with E-state index in [4.69, 9.17) is 0 Å². The van der Waals surface area contributed by atoms with Crippen molar-refractivity contribution in [2.45, 2.75) is 90.1 Å². The SMILES string of the molecule is CC1CCC(CCC2CC3CCC(C)C(F)C3C(F)C2F)CC1. The summed E-state index contributed by atoms with van der Waals surface area (Å²) in [7, 11) is 0. The van der Waals surface area contributed by atoms with E-state index in [2.05, 4.69) is 6.92 Å². The molecule has 0 aliphatic heterocycles. The van der Waals surface area contributed by atoms with Crippen molar-refractivity contribution in [3.8, 4) is 0 Å². The minimum Gasteiger partial charge on any atom is -0.247 e. The molecule has 3 fully saturated rings. The number of halogens is 3. The minimum absolute atomic E-state index is 0.0691. The lowest BCUT2D eigenvalue weighted by Gasteiger charge is -2.47. The Morgan fingerprint density at radius 2 is 1.43 bits per heavy atom. The van der Waals surface area contributed by atoms with E-state index >= 15 is 0 Å². The maximum Gasteiger partial charge on any atom is 0.137 e. The van der Waals surface area contributed by atoms with E-state index < -0.39 is 24.4 Å². The molecule has 0 aromatic heterocycles. The van der Waals surface area contributed by atoms with E-state index in [9.17, 15) is 13.2 Å². The number of hydrogen-bond donors (Lipinski definition) is 0. The van der Waals surface area contributed by atoms with Crippen LogP contribution in [0.5, 0.6) is 0 Å². The Hall–Kier alpha value is -0.210. The fourth-order valence-electron chi connectivity index (χ4n) is 5.51. The molecular formula is C20H33F3. The first kappa shape index (κ1) is 17.6. The summed E-state index contributed by atoms with van der Waals surface area (Å²) in [5.41, 5.74) is 0. The maximum atomic E-state index is 14.6. The van der Waals surface area contributed by atoms with E-state index in [0.29, 0.717) is 12.3 Å². The van der Waals surface area contributed by atoms with Crippen molar-refractivity contribution in [1.82, 2.24) is 0 Å². The number of fused-ring (bicyclic) bond motifs is 1. The summed E-state index contributed by atoms with van der Waals surface area (Å²) in [6.07, 6.45) is 5.16. The van der Waals surface area contributed by atoms with Crippen LogP contribution in [0.4, 0.5) is 13.2 Å². The van der Waals surface area contributed by atoms with Crippen LogP contribution in [0.1, 0.15) is 71.6 Å². The molecule has 0 bridgehead atoms. The third kappa shape index (κ3) is 3.74. The van der Waals surface area contributed by atoms with E-state index in [1.807, 2.05) is 6.92 Å². The summed E-state index contributed by atoms with van der Waals surface area (Å²) in [5.74, 6) is 0.639. The lowest BCUT2D eigenvalue weighted by atomic mass is 9.62. The van der Waals surface area contributed by atoms with E-state index in [1.165, 1.54) is 25.7 Å². The molecule has 0 aromatic rings. The van der Waals surface area contributed by atoms with Crippen LogP contribution in [-0.2, 0) is 0 Å². The highest BCUT2D eigenvalue weighted by Crippen LogP contribution is 2.49. The summed E-state index contributed by atoms with van der Waals surface area (Å²) >= 11 is 0. The largest absolute Gasteiger partial charge is 0.247 e. The highest BCUT2D eigenvalue weighted by molar-refractivity contribution is 4.99. The van der Waals surface area contributed by atoms with Crippen LogP contribution in [0.25, 0.3) is 0 Å². The van der Waals surface area contributed by atoms with Gasteiger partial charge in [-0.2, -0.15) is 0 Å². The summed E-state index contributed by atoms with van der Waals surface area (Å²) < 4.78 is 43.5. The van der Waals surface area contributed by atoms with Gasteiger partial charge < -0.3 is 0 Å². The Morgan fingerprint density at radius 3 is 2.13 bits per heavy atom. The van der Waals surface area contributed by atoms with Gasteiger partial charge in [0.2, 0.25) is 0 Å². The Bertz CT molecular complexity index is 375. The summed E-state index contributed by atoms with van der Waals surface area (Å²) in [4.78, 5) is 0. The molecule has 0 amide bonds. The molecule has 3 heteroatoms. The van der Waals surface area contributed by atoms with Crippen LogP contribution in [0.15, 0.2) is 0 Å². The molecule has 3 aliphatic carbocycles. The van der Waals surface area contributed by atoms with Crippen LogP contribution in [0.2, 0.25) is 0 Å². The summed E-state index contributed by atoms with van der Waals surface area (Å²) in [6.45, 7) is 4.15. The quantitative estimate of drug-likeness (QED) is 0.570. The molecule has 3 aliphatic rings. The lowest BCUT2D eigenvalue weighted by molar-refractivity contribution is -0.0821. The predicted molar refractivity (Wildman–Crippen MR) is 88.5 cm³/mol. The highest BCUT2D eigenvalue weighted by atomic mass is 19.2. The van der Waals surface area contributed by atoms with E-state index in [0.717, 1.165) is 31.6 Å². The molecular weight excluding hydrogens is 297 g/mol. The van der Waals surface area contributed by atoms with Crippen LogP contribution in [-0.4, -0.2) is 18.5 Å². The smallest absolute Gasteiger partial charge is 0.137 e. The first-order chi connectivity index (χ1) is 11.0. The van der Waals surface area contributed by atoms with Crippen molar-refractivity contribution < 1.29 is 13.2 Å². The molecule has 0 nitrogen and oxygen atoms in total.